The second-order valence-electron chi connectivity index (χ2n) is 4.63. The maximum atomic E-state index is 4.68. The van der Waals surface area contributed by atoms with Gasteiger partial charge in [-0.2, -0.15) is 0 Å². The zero-order chi connectivity index (χ0) is 13.8. The number of thiazole rings is 1. The minimum Gasteiger partial charge on any atom is -0.385 e. The summed E-state index contributed by atoms with van der Waals surface area (Å²) in [6, 6.07) is 16.8. The van der Waals surface area contributed by atoms with Crippen LogP contribution in [0.4, 0.5) is 5.69 Å². The number of para-hydroxylation sites is 1. The highest BCUT2D eigenvalue weighted by atomic mass is 32.1. The Balaban J connectivity index is 1.79. The second-order valence-corrected chi connectivity index (χ2v) is 6.24. The number of aromatic nitrogens is 1. The van der Waals surface area contributed by atoms with Crippen LogP contribution in [0.5, 0.6) is 0 Å². The molecule has 0 fully saturated rings. The van der Waals surface area contributed by atoms with Crippen LogP contribution in [0.15, 0.2) is 48.5 Å². The lowest BCUT2D eigenvalue weighted by Gasteiger charge is -2.05. The van der Waals surface area contributed by atoms with Crippen LogP contribution in [0.1, 0.15) is 6.42 Å². The molecule has 4 heteroatoms. The van der Waals surface area contributed by atoms with E-state index in [4.69, 9.17) is 0 Å². The van der Waals surface area contributed by atoms with E-state index in [0.29, 0.717) is 0 Å². The van der Waals surface area contributed by atoms with Crippen molar-refractivity contribution in [1.29, 1.82) is 0 Å². The van der Waals surface area contributed by atoms with Gasteiger partial charge in [0.05, 0.1) is 10.2 Å². The van der Waals surface area contributed by atoms with Gasteiger partial charge in [-0.3, -0.25) is 0 Å². The molecule has 0 saturated carbocycles. The first-order chi connectivity index (χ1) is 9.86. The van der Waals surface area contributed by atoms with Gasteiger partial charge in [0, 0.05) is 17.8 Å². The summed E-state index contributed by atoms with van der Waals surface area (Å²) >= 11 is 1.74. The summed E-state index contributed by atoms with van der Waals surface area (Å²) in [5.74, 6) is 0. The fraction of sp³-hybridized carbons (Fsp3) is 0.188. The molecule has 1 N–H and O–H groups in total. The molecular weight excluding hydrogens is 283 g/mol. The summed E-state index contributed by atoms with van der Waals surface area (Å²) in [4.78, 5) is 4.68. The molecule has 1 heterocycles. The van der Waals surface area contributed by atoms with E-state index in [1.165, 1.54) is 22.4 Å². The minimum absolute atomic E-state index is 1.02. The fourth-order valence-electron chi connectivity index (χ4n) is 2.06. The van der Waals surface area contributed by atoms with E-state index in [1.54, 1.807) is 11.3 Å². The third-order valence-electron chi connectivity index (χ3n) is 3.14. The molecule has 0 amide bonds. The van der Waals surface area contributed by atoms with Gasteiger partial charge in [0.25, 0.3) is 0 Å². The fourth-order valence-corrected chi connectivity index (χ4v) is 3.24. The van der Waals surface area contributed by atoms with E-state index in [-0.39, 0.29) is 0 Å². The summed E-state index contributed by atoms with van der Waals surface area (Å²) in [5.41, 5.74) is 3.44. The van der Waals surface area contributed by atoms with Gasteiger partial charge in [0.1, 0.15) is 5.01 Å². The maximum Gasteiger partial charge on any atom is 0.124 e. The number of rotatable bonds is 5. The molecule has 0 saturated heterocycles. The maximum absolute atomic E-state index is 4.68. The van der Waals surface area contributed by atoms with Crippen LogP contribution in [-0.2, 0) is 0 Å². The predicted molar refractivity (Wildman–Crippen MR) is 92.7 cm³/mol. The van der Waals surface area contributed by atoms with Crippen LogP contribution in [0.3, 0.4) is 0 Å². The van der Waals surface area contributed by atoms with Gasteiger partial charge in [0.2, 0.25) is 0 Å². The molecular formula is C16H17N2PS. The standard InChI is InChI=1S/C16H17N2PS/c19-11-3-10-17-13-8-6-12(7-9-13)16-18-14-4-1-2-5-15(14)20-16/h1-2,4-9,17H,3,10-11,19H2. The van der Waals surface area contributed by atoms with Gasteiger partial charge >= 0.3 is 0 Å². The monoisotopic (exact) mass is 300 g/mol. The third-order valence-corrected chi connectivity index (χ3v) is 4.63. The van der Waals surface area contributed by atoms with Crippen molar-refractivity contribution in [2.45, 2.75) is 6.42 Å². The van der Waals surface area contributed by atoms with Gasteiger partial charge in [0.15, 0.2) is 0 Å². The van der Waals surface area contributed by atoms with Gasteiger partial charge in [-0.25, -0.2) is 4.98 Å². The molecule has 2 nitrogen and oxygen atoms in total. The molecule has 1 aromatic heterocycles. The summed E-state index contributed by atoms with van der Waals surface area (Å²) < 4.78 is 1.24. The largest absolute Gasteiger partial charge is 0.385 e. The molecule has 2 aromatic carbocycles. The highest BCUT2D eigenvalue weighted by Crippen LogP contribution is 2.30. The second kappa shape index (κ2) is 6.34. The number of fused-ring (bicyclic) bond motifs is 1. The van der Waals surface area contributed by atoms with Crippen LogP contribution < -0.4 is 5.32 Å². The smallest absolute Gasteiger partial charge is 0.124 e. The average Bonchev–Trinajstić information content (AvgIpc) is 2.92. The van der Waals surface area contributed by atoms with Crippen molar-refractivity contribution in [3.63, 3.8) is 0 Å². The Bertz CT molecular complexity index is 658. The van der Waals surface area contributed by atoms with Crippen molar-refractivity contribution in [3.8, 4) is 10.6 Å². The molecule has 1 unspecified atom stereocenters. The molecule has 1 atom stereocenters. The number of hydrogen-bond acceptors (Lipinski definition) is 3. The lowest BCUT2D eigenvalue weighted by Crippen LogP contribution is -2.01. The Labute approximate surface area is 125 Å². The van der Waals surface area contributed by atoms with Crippen LogP contribution in [-0.4, -0.2) is 17.7 Å². The van der Waals surface area contributed by atoms with Crippen LogP contribution in [0.25, 0.3) is 20.8 Å². The van der Waals surface area contributed by atoms with Gasteiger partial charge < -0.3 is 5.32 Å². The van der Waals surface area contributed by atoms with E-state index in [9.17, 15) is 0 Å². The molecule has 0 aliphatic rings. The quantitative estimate of drug-likeness (QED) is 0.548. The number of anilines is 1. The number of hydrogen-bond donors (Lipinski definition) is 1. The molecule has 0 spiro atoms. The predicted octanol–water partition coefficient (Wildman–Crippen LogP) is 4.64. The summed E-state index contributed by atoms with van der Waals surface area (Å²) in [5, 5.41) is 4.51. The van der Waals surface area contributed by atoms with Crippen molar-refractivity contribution >= 4 is 36.5 Å². The van der Waals surface area contributed by atoms with Gasteiger partial charge in [-0.05, 0) is 49.0 Å². The SMILES string of the molecule is PCCCNc1ccc(-c2nc3ccccc3s2)cc1. The van der Waals surface area contributed by atoms with Crippen molar-refractivity contribution in [2.24, 2.45) is 0 Å². The van der Waals surface area contributed by atoms with Crippen molar-refractivity contribution in [1.82, 2.24) is 4.98 Å². The van der Waals surface area contributed by atoms with Gasteiger partial charge in [-0.1, -0.05) is 12.1 Å². The highest BCUT2D eigenvalue weighted by Gasteiger charge is 2.05. The van der Waals surface area contributed by atoms with E-state index in [0.717, 1.165) is 23.2 Å². The number of nitrogens with one attached hydrogen (secondary N) is 1. The summed E-state index contributed by atoms with van der Waals surface area (Å²) in [6.45, 7) is 1.02. The third kappa shape index (κ3) is 3.00. The average molecular weight is 300 g/mol. The Kier molecular flexibility index (Phi) is 4.29. The summed E-state index contributed by atoms with van der Waals surface area (Å²) in [6.07, 6.45) is 2.31. The molecule has 20 heavy (non-hydrogen) atoms. The van der Waals surface area contributed by atoms with E-state index >= 15 is 0 Å². The van der Waals surface area contributed by atoms with Crippen molar-refractivity contribution < 1.29 is 0 Å². The molecule has 0 aliphatic carbocycles. The van der Waals surface area contributed by atoms with Crippen molar-refractivity contribution in [2.75, 3.05) is 18.0 Å². The van der Waals surface area contributed by atoms with Crippen LogP contribution >= 0.6 is 20.6 Å². The Morgan fingerprint density at radius 1 is 1.05 bits per heavy atom. The van der Waals surface area contributed by atoms with E-state index in [1.807, 2.05) is 6.07 Å². The highest BCUT2D eigenvalue weighted by molar-refractivity contribution is 7.21. The molecule has 0 aliphatic heterocycles. The van der Waals surface area contributed by atoms with E-state index in [2.05, 4.69) is 62.0 Å². The molecule has 102 valence electrons. The zero-order valence-corrected chi connectivity index (χ0v) is 13.1. The first kappa shape index (κ1) is 13.5. The zero-order valence-electron chi connectivity index (χ0n) is 11.2. The van der Waals surface area contributed by atoms with E-state index < -0.39 is 0 Å². The molecule has 0 bridgehead atoms. The Hall–Kier alpha value is -1.44. The number of benzene rings is 2. The van der Waals surface area contributed by atoms with Crippen LogP contribution in [0.2, 0.25) is 0 Å². The molecule has 0 radical (unpaired) electrons. The lowest BCUT2D eigenvalue weighted by molar-refractivity contribution is 0.993. The molecule has 3 rings (SSSR count). The first-order valence-electron chi connectivity index (χ1n) is 6.77. The van der Waals surface area contributed by atoms with Crippen LogP contribution in [0, 0.1) is 0 Å². The lowest BCUT2D eigenvalue weighted by atomic mass is 10.2. The normalized spacial score (nSPS) is 10.8. The Morgan fingerprint density at radius 2 is 1.85 bits per heavy atom. The first-order valence-corrected chi connectivity index (χ1v) is 8.40. The van der Waals surface area contributed by atoms with Gasteiger partial charge in [-0.15, -0.1) is 20.6 Å². The topological polar surface area (TPSA) is 24.9 Å². The van der Waals surface area contributed by atoms with Crippen molar-refractivity contribution in [3.05, 3.63) is 48.5 Å². The molecule has 3 aromatic rings. The Morgan fingerprint density at radius 3 is 2.60 bits per heavy atom. The number of nitrogens with zero attached hydrogens (tertiary/aromatic N) is 1. The minimum atomic E-state index is 1.02. The summed E-state index contributed by atoms with van der Waals surface area (Å²) in [7, 11) is 2.75.